The third-order valence-corrected chi connectivity index (χ3v) is 2.12. The van der Waals surface area contributed by atoms with Gasteiger partial charge in [0.25, 0.3) is 0 Å². The third kappa shape index (κ3) is 6.15. The Kier molecular flexibility index (Phi) is 6.46. The van der Waals surface area contributed by atoms with Crippen LogP contribution in [0.15, 0.2) is 24.3 Å². The molecule has 1 aromatic carbocycles. The van der Waals surface area contributed by atoms with Crippen molar-refractivity contribution in [3.05, 3.63) is 30.1 Å². The zero-order valence-corrected chi connectivity index (χ0v) is 10.1. The van der Waals surface area contributed by atoms with Crippen LogP contribution in [0.25, 0.3) is 0 Å². The molecule has 0 heterocycles. The number of anilines is 1. The smallest absolute Gasteiger partial charge is 0.170 e. The molecule has 0 atom stereocenters. The van der Waals surface area contributed by atoms with E-state index in [-0.39, 0.29) is 12.4 Å². The molecule has 0 unspecified atom stereocenters. The average Bonchev–Trinajstić information content (AvgIpc) is 2.32. The van der Waals surface area contributed by atoms with Gasteiger partial charge in [-0.1, -0.05) is 0 Å². The summed E-state index contributed by atoms with van der Waals surface area (Å²) in [5.41, 5.74) is 0.722. The van der Waals surface area contributed by atoms with Gasteiger partial charge < -0.3 is 20.5 Å². The van der Waals surface area contributed by atoms with Gasteiger partial charge in [0.1, 0.15) is 5.82 Å². The largest absolute Gasteiger partial charge is 0.394 e. The molecule has 4 nitrogen and oxygen atoms in total. The fourth-order valence-electron chi connectivity index (χ4n) is 1.11. The molecular weight excluding hydrogens is 243 g/mol. The Morgan fingerprint density at radius 1 is 1.29 bits per heavy atom. The van der Waals surface area contributed by atoms with Gasteiger partial charge in [0.05, 0.1) is 19.8 Å². The molecule has 17 heavy (non-hydrogen) atoms. The fourth-order valence-corrected chi connectivity index (χ4v) is 1.33. The molecule has 94 valence electrons. The van der Waals surface area contributed by atoms with Crippen LogP contribution in [0.5, 0.6) is 0 Å². The van der Waals surface area contributed by atoms with E-state index >= 15 is 0 Å². The minimum Gasteiger partial charge on any atom is -0.394 e. The number of nitrogens with one attached hydrogen (secondary N) is 2. The van der Waals surface area contributed by atoms with E-state index in [1.165, 1.54) is 12.1 Å². The van der Waals surface area contributed by atoms with Crippen molar-refractivity contribution in [3.63, 3.8) is 0 Å². The summed E-state index contributed by atoms with van der Waals surface area (Å²) in [6.07, 6.45) is 0. The number of aliphatic hydroxyl groups excluding tert-OH is 1. The SMILES string of the molecule is OCCOCCNC(=S)Nc1ccc(F)cc1. The van der Waals surface area contributed by atoms with Gasteiger partial charge >= 0.3 is 0 Å². The third-order valence-electron chi connectivity index (χ3n) is 1.87. The Bertz CT molecular complexity index is 346. The monoisotopic (exact) mass is 258 g/mol. The highest BCUT2D eigenvalue weighted by Gasteiger charge is 1.97. The van der Waals surface area contributed by atoms with E-state index in [1.807, 2.05) is 0 Å². The highest BCUT2D eigenvalue weighted by Crippen LogP contribution is 2.07. The van der Waals surface area contributed by atoms with Gasteiger partial charge in [-0.25, -0.2) is 4.39 Å². The molecule has 6 heteroatoms. The normalized spacial score (nSPS) is 10.0. The Balaban J connectivity index is 2.18. The summed E-state index contributed by atoms with van der Waals surface area (Å²) in [5.74, 6) is -0.285. The Hall–Kier alpha value is -1.24. The van der Waals surface area contributed by atoms with Crippen LogP contribution < -0.4 is 10.6 Å². The molecule has 0 amide bonds. The molecule has 0 aliphatic rings. The summed E-state index contributed by atoms with van der Waals surface area (Å²) in [5, 5.41) is 14.8. The molecule has 0 aromatic heterocycles. The first-order valence-corrected chi connectivity index (χ1v) is 5.62. The van der Waals surface area contributed by atoms with E-state index in [0.717, 1.165) is 5.69 Å². The number of benzene rings is 1. The summed E-state index contributed by atoms with van der Waals surface area (Å²) in [6.45, 7) is 1.34. The van der Waals surface area contributed by atoms with Crippen molar-refractivity contribution in [1.29, 1.82) is 0 Å². The van der Waals surface area contributed by atoms with Gasteiger partial charge in [-0.05, 0) is 36.5 Å². The second-order valence-corrected chi connectivity index (χ2v) is 3.63. The first kappa shape index (κ1) is 13.8. The lowest BCUT2D eigenvalue weighted by Crippen LogP contribution is -2.31. The van der Waals surface area contributed by atoms with Gasteiger partial charge in [0, 0.05) is 12.2 Å². The van der Waals surface area contributed by atoms with Crippen LogP contribution in [-0.4, -0.2) is 36.6 Å². The van der Waals surface area contributed by atoms with Crippen molar-refractivity contribution in [2.45, 2.75) is 0 Å². The predicted octanol–water partition coefficient (Wildman–Crippen LogP) is 1.12. The maximum absolute atomic E-state index is 12.6. The summed E-state index contributed by atoms with van der Waals surface area (Å²) < 4.78 is 17.7. The lowest BCUT2D eigenvalue weighted by Gasteiger charge is -2.10. The van der Waals surface area contributed by atoms with E-state index < -0.39 is 0 Å². The van der Waals surface area contributed by atoms with Crippen LogP contribution >= 0.6 is 12.2 Å². The van der Waals surface area contributed by atoms with E-state index in [9.17, 15) is 4.39 Å². The molecule has 0 bridgehead atoms. The average molecular weight is 258 g/mol. The molecule has 0 aliphatic heterocycles. The Morgan fingerprint density at radius 2 is 2.00 bits per heavy atom. The van der Waals surface area contributed by atoms with Crippen LogP contribution in [-0.2, 0) is 4.74 Å². The highest BCUT2D eigenvalue weighted by atomic mass is 32.1. The first-order chi connectivity index (χ1) is 8.22. The van der Waals surface area contributed by atoms with Gasteiger partial charge in [0.15, 0.2) is 5.11 Å². The number of hydrogen-bond acceptors (Lipinski definition) is 3. The van der Waals surface area contributed by atoms with E-state index in [2.05, 4.69) is 10.6 Å². The molecule has 0 radical (unpaired) electrons. The summed E-state index contributed by atoms with van der Waals surface area (Å²) in [4.78, 5) is 0. The molecule has 0 aliphatic carbocycles. The lowest BCUT2D eigenvalue weighted by atomic mass is 10.3. The maximum Gasteiger partial charge on any atom is 0.170 e. The quantitative estimate of drug-likeness (QED) is 0.527. The summed E-state index contributed by atoms with van der Waals surface area (Å²) >= 11 is 5.03. The van der Waals surface area contributed by atoms with Crippen molar-refractivity contribution in [2.75, 3.05) is 31.7 Å². The fraction of sp³-hybridized carbons (Fsp3) is 0.364. The standard InChI is InChI=1S/C11H15FN2O2S/c12-9-1-3-10(4-2-9)14-11(17)13-5-7-16-8-6-15/h1-4,15H,5-8H2,(H2,13,14,17). The summed E-state index contributed by atoms with van der Waals surface area (Å²) in [7, 11) is 0. The lowest BCUT2D eigenvalue weighted by molar-refractivity contribution is 0.0959. The minimum absolute atomic E-state index is 0.0122. The van der Waals surface area contributed by atoms with Crippen LogP contribution in [0.4, 0.5) is 10.1 Å². The van der Waals surface area contributed by atoms with Crippen molar-refractivity contribution in [2.24, 2.45) is 0 Å². The zero-order chi connectivity index (χ0) is 12.5. The molecule has 0 saturated carbocycles. The first-order valence-electron chi connectivity index (χ1n) is 5.21. The number of aliphatic hydroxyl groups is 1. The Morgan fingerprint density at radius 3 is 2.65 bits per heavy atom. The second-order valence-electron chi connectivity index (χ2n) is 3.22. The molecule has 1 aromatic rings. The number of hydrogen-bond donors (Lipinski definition) is 3. The minimum atomic E-state index is -0.285. The van der Waals surface area contributed by atoms with E-state index in [1.54, 1.807) is 12.1 Å². The van der Waals surface area contributed by atoms with Gasteiger partial charge in [-0.3, -0.25) is 0 Å². The van der Waals surface area contributed by atoms with Gasteiger partial charge in [-0.2, -0.15) is 0 Å². The van der Waals surface area contributed by atoms with E-state index in [4.69, 9.17) is 22.1 Å². The maximum atomic E-state index is 12.6. The number of thiocarbonyl (C=S) groups is 1. The topological polar surface area (TPSA) is 53.5 Å². The molecular formula is C11H15FN2O2S. The van der Waals surface area contributed by atoms with Crippen molar-refractivity contribution in [3.8, 4) is 0 Å². The van der Waals surface area contributed by atoms with Gasteiger partial charge in [0.2, 0.25) is 0 Å². The molecule has 0 spiro atoms. The van der Waals surface area contributed by atoms with Crippen LogP contribution in [0.2, 0.25) is 0 Å². The van der Waals surface area contributed by atoms with Crippen LogP contribution in [0.3, 0.4) is 0 Å². The molecule has 3 N–H and O–H groups in total. The van der Waals surface area contributed by atoms with Crippen LogP contribution in [0, 0.1) is 5.82 Å². The zero-order valence-electron chi connectivity index (χ0n) is 9.28. The van der Waals surface area contributed by atoms with Gasteiger partial charge in [-0.15, -0.1) is 0 Å². The molecule has 0 saturated heterocycles. The predicted molar refractivity (Wildman–Crippen MR) is 68.5 cm³/mol. The number of halogens is 1. The molecule has 0 fully saturated rings. The second kappa shape index (κ2) is 7.94. The van der Waals surface area contributed by atoms with E-state index in [0.29, 0.717) is 24.9 Å². The van der Waals surface area contributed by atoms with Crippen molar-refractivity contribution < 1.29 is 14.2 Å². The Labute approximate surface area is 105 Å². The number of rotatable bonds is 6. The summed E-state index contributed by atoms with van der Waals surface area (Å²) in [6, 6.07) is 5.92. The van der Waals surface area contributed by atoms with Crippen molar-refractivity contribution >= 4 is 23.0 Å². The highest BCUT2D eigenvalue weighted by molar-refractivity contribution is 7.80. The number of ether oxygens (including phenoxy) is 1. The van der Waals surface area contributed by atoms with Crippen LogP contribution in [0.1, 0.15) is 0 Å². The van der Waals surface area contributed by atoms with Crippen molar-refractivity contribution in [1.82, 2.24) is 5.32 Å². The molecule has 1 rings (SSSR count).